The molecule has 1 aromatic carbocycles. The van der Waals surface area contributed by atoms with E-state index in [-0.39, 0.29) is 17.5 Å². The van der Waals surface area contributed by atoms with Crippen molar-refractivity contribution in [1.29, 1.82) is 0 Å². The molecule has 3 nitrogen and oxygen atoms in total. The highest BCUT2D eigenvalue weighted by Gasteiger charge is 2.55. The lowest BCUT2D eigenvalue weighted by molar-refractivity contribution is -0.117. The third-order valence-corrected chi connectivity index (χ3v) is 7.60. The third kappa shape index (κ3) is 3.82. The normalized spacial score (nSPS) is 32.0. The minimum absolute atomic E-state index is 0.0116. The van der Waals surface area contributed by atoms with Gasteiger partial charge in [0.2, 0.25) is 0 Å². The van der Waals surface area contributed by atoms with Gasteiger partial charge in [-0.25, -0.2) is 4.79 Å². The molecule has 1 aromatic rings. The summed E-state index contributed by atoms with van der Waals surface area (Å²) in [5.74, 6) is 0.982. The molecule has 0 aromatic heterocycles. The molecule has 154 valence electrons. The molecule has 0 saturated heterocycles. The van der Waals surface area contributed by atoms with Crippen LogP contribution in [0.25, 0.3) is 0 Å². The number of carbonyl (C=O) groups excluding carboxylic acids is 2. The number of fused-ring (bicyclic) bond motifs is 3. The maximum atomic E-state index is 12.6. The quantitative estimate of drug-likeness (QED) is 0.550. The van der Waals surface area contributed by atoms with E-state index in [1.807, 2.05) is 43.3 Å². The molecule has 29 heavy (non-hydrogen) atoms. The third-order valence-electron chi connectivity index (χ3n) is 7.44. The van der Waals surface area contributed by atoms with E-state index >= 15 is 0 Å². The fraction of sp³-hybridized carbons (Fsp3) is 0.520. The summed E-state index contributed by atoms with van der Waals surface area (Å²) in [7, 11) is 0. The number of rotatable bonds is 4. The first kappa shape index (κ1) is 20.4. The zero-order chi connectivity index (χ0) is 20.6. The molecule has 3 aliphatic rings. The van der Waals surface area contributed by atoms with Gasteiger partial charge in [-0.05, 0) is 75.0 Å². The first-order chi connectivity index (χ1) is 13.9. The van der Waals surface area contributed by atoms with E-state index < -0.39 is 0 Å². The van der Waals surface area contributed by atoms with Gasteiger partial charge in [-0.15, -0.1) is 0 Å². The van der Waals surface area contributed by atoms with Crippen LogP contribution in [-0.4, -0.2) is 17.9 Å². The number of halogens is 1. The minimum Gasteiger partial charge on any atom is -0.458 e. The highest BCUT2D eigenvalue weighted by molar-refractivity contribution is 6.29. The summed E-state index contributed by atoms with van der Waals surface area (Å²) < 4.78 is 6.03. The number of ketones is 1. The van der Waals surface area contributed by atoms with Crippen molar-refractivity contribution < 1.29 is 14.3 Å². The summed E-state index contributed by atoms with van der Waals surface area (Å²) >= 11 is 6.03. The molecule has 4 heteroatoms. The maximum absolute atomic E-state index is 12.6. The zero-order valence-electron chi connectivity index (χ0n) is 17.2. The molecule has 4 rings (SSSR count). The van der Waals surface area contributed by atoms with Crippen LogP contribution in [0.1, 0.15) is 69.2 Å². The van der Waals surface area contributed by atoms with Crippen molar-refractivity contribution >= 4 is 23.4 Å². The molecular weight excluding hydrogens is 384 g/mol. The Hall–Kier alpha value is -1.87. The van der Waals surface area contributed by atoms with Crippen LogP contribution in [0.3, 0.4) is 0 Å². The van der Waals surface area contributed by atoms with Crippen LogP contribution < -0.4 is 0 Å². The van der Waals surface area contributed by atoms with Crippen molar-refractivity contribution in [3.05, 3.63) is 58.1 Å². The average Bonchev–Trinajstić information content (AvgIpc) is 3.04. The minimum atomic E-state index is -0.221. The van der Waals surface area contributed by atoms with Crippen LogP contribution in [0, 0.1) is 17.3 Å². The van der Waals surface area contributed by atoms with Crippen LogP contribution in [0.15, 0.2) is 52.6 Å². The predicted octanol–water partition coefficient (Wildman–Crippen LogP) is 6.23. The SMILES string of the molecule is C/C(Cl)=C/CC1=C2CC[C@]3(C)[C@@H](OC(=O)c4ccccc4)CC[C@H]3[C@@H]2CCC1=O. The number of esters is 1. The summed E-state index contributed by atoms with van der Waals surface area (Å²) in [6.45, 7) is 4.15. The molecule has 0 heterocycles. The van der Waals surface area contributed by atoms with Gasteiger partial charge in [-0.3, -0.25) is 4.79 Å². The van der Waals surface area contributed by atoms with Crippen molar-refractivity contribution in [3.8, 4) is 0 Å². The Kier molecular flexibility index (Phi) is 5.70. The molecule has 0 unspecified atom stereocenters. The van der Waals surface area contributed by atoms with Crippen LogP contribution in [0.2, 0.25) is 0 Å². The fourth-order valence-corrected chi connectivity index (χ4v) is 5.97. The van der Waals surface area contributed by atoms with E-state index in [1.165, 1.54) is 5.57 Å². The van der Waals surface area contributed by atoms with E-state index in [9.17, 15) is 9.59 Å². The monoisotopic (exact) mass is 412 g/mol. The Labute approximate surface area is 178 Å². The smallest absolute Gasteiger partial charge is 0.338 e. The second-order valence-corrected chi connectivity index (χ2v) is 9.61. The van der Waals surface area contributed by atoms with Gasteiger partial charge >= 0.3 is 5.97 Å². The Bertz CT molecular complexity index is 865. The molecule has 0 N–H and O–H groups in total. The Morgan fingerprint density at radius 3 is 2.69 bits per heavy atom. The number of Topliss-reactive ketones (excluding diaryl/α,β-unsaturated/α-hetero) is 1. The van der Waals surface area contributed by atoms with Crippen molar-refractivity contribution in [2.45, 2.75) is 64.9 Å². The fourth-order valence-electron chi connectivity index (χ4n) is 5.89. The molecule has 0 bridgehead atoms. The van der Waals surface area contributed by atoms with E-state index in [1.54, 1.807) is 0 Å². The summed E-state index contributed by atoms with van der Waals surface area (Å²) in [4.78, 5) is 25.2. The average molecular weight is 413 g/mol. The Balaban J connectivity index is 1.56. The maximum Gasteiger partial charge on any atom is 0.338 e. The molecule has 0 spiro atoms. The molecule has 4 atom stereocenters. The van der Waals surface area contributed by atoms with Crippen molar-refractivity contribution in [1.82, 2.24) is 0 Å². The van der Waals surface area contributed by atoms with Gasteiger partial charge in [0.25, 0.3) is 0 Å². The Morgan fingerprint density at radius 2 is 1.97 bits per heavy atom. The predicted molar refractivity (Wildman–Crippen MR) is 115 cm³/mol. The molecule has 0 amide bonds. The topological polar surface area (TPSA) is 43.4 Å². The number of benzene rings is 1. The van der Waals surface area contributed by atoms with Gasteiger partial charge < -0.3 is 4.74 Å². The lowest BCUT2D eigenvalue weighted by Crippen LogP contribution is -2.43. The number of hydrogen-bond donors (Lipinski definition) is 0. The highest BCUT2D eigenvalue weighted by atomic mass is 35.5. The van der Waals surface area contributed by atoms with Crippen LogP contribution in [0.4, 0.5) is 0 Å². The second kappa shape index (κ2) is 8.10. The summed E-state index contributed by atoms with van der Waals surface area (Å²) in [6.07, 6.45) is 7.97. The van der Waals surface area contributed by atoms with Gasteiger partial charge in [0, 0.05) is 16.9 Å². The van der Waals surface area contributed by atoms with E-state index in [0.29, 0.717) is 36.0 Å². The van der Waals surface area contributed by atoms with Gasteiger partial charge in [-0.2, -0.15) is 0 Å². The second-order valence-electron chi connectivity index (χ2n) is 9.02. The van der Waals surface area contributed by atoms with Crippen LogP contribution >= 0.6 is 11.6 Å². The number of carbonyl (C=O) groups is 2. The highest BCUT2D eigenvalue weighted by Crippen LogP contribution is 2.59. The Morgan fingerprint density at radius 1 is 1.21 bits per heavy atom. The van der Waals surface area contributed by atoms with Gasteiger partial charge in [-0.1, -0.05) is 48.4 Å². The molecule has 0 aliphatic heterocycles. The van der Waals surface area contributed by atoms with E-state index in [0.717, 1.165) is 42.7 Å². The van der Waals surface area contributed by atoms with Crippen molar-refractivity contribution in [2.24, 2.45) is 17.3 Å². The van der Waals surface area contributed by atoms with Crippen molar-refractivity contribution in [3.63, 3.8) is 0 Å². The van der Waals surface area contributed by atoms with E-state index in [4.69, 9.17) is 16.3 Å². The zero-order valence-corrected chi connectivity index (χ0v) is 18.0. The lowest BCUT2D eigenvalue weighted by atomic mass is 9.58. The molecular formula is C25H29ClO3. The van der Waals surface area contributed by atoms with Crippen LogP contribution in [-0.2, 0) is 9.53 Å². The summed E-state index contributed by atoms with van der Waals surface area (Å²) in [5, 5.41) is 0.738. The van der Waals surface area contributed by atoms with Gasteiger partial charge in [0.1, 0.15) is 6.10 Å². The molecule has 3 aliphatic carbocycles. The molecule has 0 radical (unpaired) electrons. The standard InChI is InChI=1S/C25H29ClO3/c1-16(26)8-9-20-18-14-15-25(2)21(19(18)10-12-22(20)27)11-13-23(25)29-24(28)17-6-4-3-5-7-17/h3-8,19,21,23H,9-15H2,1-2H3/b16-8-/t19-,21+,23+,25+/m1/s1. The molecule has 2 saturated carbocycles. The van der Waals surface area contributed by atoms with Gasteiger partial charge in [0.15, 0.2) is 5.78 Å². The number of hydrogen-bond acceptors (Lipinski definition) is 3. The van der Waals surface area contributed by atoms with Crippen LogP contribution in [0.5, 0.6) is 0 Å². The van der Waals surface area contributed by atoms with Crippen molar-refractivity contribution in [2.75, 3.05) is 0 Å². The number of ether oxygens (including phenoxy) is 1. The van der Waals surface area contributed by atoms with E-state index in [2.05, 4.69) is 6.92 Å². The molecule has 2 fully saturated rings. The number of allylic oxidation sites excluding steroid dienone is 4. The first-order valence-corrected chi connectivity index (χ1v) is 11.1. The first-order valence-electron chi connectivity index (χ1n) is 10.7. The van der Waals surface area contributed by atoms with Gasteiger partial charge in [0.05, 0.1) is 5.56 Å². The lowest BCUT2D eigenvalue weighted by Gasteiger charge is -2.47. The largest absolute Gasteiger partial charge is 0.458 e. The summed E-state index contributed by atoms with van der Waals surface area (Å²) in [6, 6.07) is 9.26. The summed E-state index contributed by atoms with van der Waals surface area (Å²) in [5.41, 5.74) is 2.95.